The fraction of sp³-hybridized carbons (Fsp3) is 0.875. The first-order valence-electron chi connectivity index (χ1n) is 8.22. The van der Waals surface area contributed by atoms with Crippen LogP contribution in [0, 0.1) is 5.92 Å². The van der Waals surface area contributed by atoms with E-state index in [1.807, 2.05) is 4.90 Å². The lowest BCUT2D eigenvalue weighted by molar-refractivity contribution is -0.152. The lowest BCUT2D eigenvalue weighted by Crippen LogP contribution is -2.52. The highest BCUT2D eigenvalue weighted by Gasteiger charge is 2.40. The number of piperidine rings is 1. The van der Waals surface area contributed by atoms with Gasteiger partial charge < -0.3 is 9.64 Å². The highest BCUT2D eigenvalue weighted by molar-refractivity contribution is 5.86. The van der Waals surface area contributed by atoms with Crippen molar-refractivity contribution in [2.24, 2.45) is 5.92 Å². The van der Waals surface area contributed by atoms with E-state index in [1.165, 1.54) is 0 Å². The number of Topliss-reactive ketones (excluding diaryl/α,β-unsaturated/α-hetero) is 1. The van der Waals surface area contributed by atoms with Crippen LogP contribution in [0.25, 0.3) is 0 Å². The zero-order valence-corrected chi connectivity index (χ0v) is 12.2. The van der Waals surface area contributed by atoms with Gasteiger partial charge in [-0.15, -0.1) is 0 Å². The van der Waals surface area contributed by atoms with Gasteiger partial charge in [0.25, 0.3) is 5.91 Å². The highest BCUT2D eigenvalue weighted by Crippen LogP contribution is 2.33. The van der Waals surface area contributed by atoms with Gasteiger partial charge >= 0.3 is 0 Å². The van der Waals surface area contributed by atoms with E-state index in [9.17, 15) is 9.59 Å². The van der Waals surface area contributed by atoms with E-state index < -0.39 is 0 Å². The molecule has 1 amide bonds. The molecule has 2 aliphatic heterocycles. The fourth-order valence-electron chi connectivity index (χ4n) is 4.02. The predicted octanol–water partition coefficient (Wildman–Crippen LogP) is 2.31. The normalized spacial score (nSPS) is 35.3. The molecule has 0 N–H and O–H groups in total. The summed E-state index contributed by atoms with van der Waals surface area (Å²) < 4.78 is 5.65. The molecule has 0 aromatic carbocycles. The Morgan fingerprint density at radius 2 is 1.90 bits per heavy atom. The molecule has 3 atom stereocenters. The van der Waals surface area contributed by atoms with E-state index in [0.717, 1.165) is 57.9 Å². The lowest BCUT2D eigenvalue weighted by atomic mass is 9.88. The van der Waals surface area contributed by atoms with Crippen LogP contribution in [0.15, 0.2) is 0 Å². The van der Waals surface area contributed by atoms with Crippen molar-refractivity contribution in [3.8, 4) is 0 Å². The van der Waals surface area contributed by atoms with Crippen molar-refractivity contribution < 1.29 is 14.3 Å². The summed E-state index contributed by atoms with van der Waals surface area (Å²) in [5.41, 5.74) is 0. The molecule has 3 rings (SSSR count). The third kappa shape index (κ3) is 2.76. The number of hydrogen-bond donors (Lipinski definition) is 0. The van der Waals surface area contributed by atoms with E-state index >= 15 is 0 Å². The molecule has 20 heavy (non-hydrogen) atoms. The number of ether oxygens (including phenoxy) is 1. The minimum absolute atomic E-state index is 0.0999. The minimum atomic E-state index is -0.249. The van der Waals surface area contributed by atoms with Crippen LogP contribution in [-0.2, 0) is 14.3 Å². The summed E-state index contributed by atoms with van der Waals surface area (Å²) in [6.45, 7) is 1.52. The number of likely N-dealkylation sites (tertiary alicyclic amines) is 1. The van der Waals surface area contributed by atoms with Crippen molar-refractivity contribution in [1.82, 2.24) is 4.90 Å². The Balaban J connectivity index is 1.71. The van der Waals surface area contributed by atoms with Crippen LogP contribution in [0.5, 0.6) is 0 Å². The first-order chi connectivity index (χ1) is 9.77. The first kappa shape index (κ1) is 14.1. The molecule has 112 valence electrons. The lowest BCUT2D eigenvalue weighted by Gasteiger charge is -2.40. The highest BCUT2D eigenvalue weighted by atomic mass is 16.5. The van der Waals surface area contributed by atoms with Crippen LogP contribution in [0.1, 0.15) is 57.8 Å². The molecule has 0 aromatic rings. The zero-order valence-electron chi connectivity index (χ0n) is 12.2. The van der Waals surface area contributed by atoms with Gasteiger partial charge in [0.05, 0.1) is 0 Å². The average Bonchev–Trinajstić information content (AvgIpc) is 2.93. The van der Waals surface area contributed by atoms with Crippen LogP contribution in [0.2, 0.25) is 0 Å². The smallest absolute Gasteiger partial charge is 0.251 e. The molecule has 2 saturated heterocycles. The maximum absolute atomic E-state index is 12.7. The molecule has 3 unspecified atom stereocenters. The monoisotopic (exact) mass is 279 g/mol. The Kier molecular flexibility index (Phi) is 4.39. The number of nitrogens with zero attached hydrogens (tertiary/aromatic N) is 1. The molecule has 3 aliphatic rings. The summed E-state index contributed by atoms with van der Waals surface area (Å²) in [5, 5.41) is 0. The number of carbonyl (C=O) groups is 2. The Labute approximate surface area is 120 Å². The second-order valence-electron chi connectivity index (χ2n) is 6.42. The van der Waals surface area contributed by atoms with Gasteiger partial charge in [0.15, 0.2) is 0 Å². The molecule has 1 aliphatic carbocycles. The van der Waals surface area contributed by atoms with E-state index in [1.54, 1.807) is 0 Å². The second-order valence-corrected chi connectivity index (χ2v) is 6.42. The summed E-state index contributed by atoms with van der Waals surface area (Å²) in [4.78, 5) is 26.8. The minimum Gasteiger partial charge on any atom is -0.368 e. The van der Waals surface area contributed by atoms with Gasteiger partial charge in [0, 0.05) is 31.5 Å². The van der Waals surface area contributed by atoms with Gasteiger partial charge in [0.1, 0.15) is 11.9 Å². The Morgan fingerprint density at radius 1 is 1.05 bits per heavy atom. The molecule has 3 fully saturated rings. The van der Waals surface area contributed by atoms with Gasteiger partial charge in [-0.1, -0.05) is 0 Å². The third-order valence-corrected chi connectivity index (χ3v) is 5.10. The molecule has 1 saturated carbocycles. The Morgan fingerprint density at radius 3 is 2.60 bits per heavy atom. The molecular formula is C16H25NO3. The zero-order chi connectivity index (χ0) is 13.9. The van der Waals surface area contributed by atoms with Gasteiger partial charge in [-0.25, -0.2) is 0 Å². The number of ketones is 1. The molecule has 4 heteroatoms. The molecule has 0 aromatic heterocycles. The van der Waals surface area contributed by atoms with Gasteiger partial charge in [-0.3, -0.25) is 9.59 Å². The molecular weight excluding hydrogens is 254 g/mol. The second kappa shape index (κ2) is 6.25. The van der Waals surface area contributed by atoms with Gasteiger partial charge in [0.2, 0.25) is 0 Å². The Bertz CT molecular complexity index is 376. The maximum Gasteiger partial charge on any atom is 0.251 e. The molecule has 2 heterocycles. The number of rotatable bonds is 2. The quantitative estimate of drug-likeness (QED) is 0.779. The maximum atomic E-state index is 12.7. The SMILES string of the molecule is O=C1CCCC1C1CCCCN1C(=O)C1CCCCO1. The van der Waals surface area contributed by atoms with Crippen molar-refractivity contribution in [3.63, 3.8) is 0 Å². The van der Waals surface area contributed by atoms with Crippen molar-refractivity contribution >= 4 is 11.7 Å². The van der Waals surface area contributed by atoms with E-state index in [2.05, 4.69) is 0 Å². The van der Waals surface area contributed by atoms with Crippen molar-refractivity contribution in [1.29, 1.82) is 0 Å². The van der Waals surface area contributed by atoms with Crippen molar-refractivity contribution in [2.45, 2.75) is 69.9 Å². The Hall–Kier alpha value is -0.900. The number of amides is 1. The van der Waals surface area contributed by atoms with E-state index in [0.29, 0.717) is 18.8 Å². The number of hydrogen-bond acceptors (Lipinski definition) is 3. The summed E-state index contributed by atoms with van der Waals surface area (Å²) >= 11 is 0. The topological polar surface area (TPSA) is 46.6 Å². The third-order valence-electron chi connectivity index (χ3n) is 5.10. The van der Waals surface area contributed by atoms with E-state index in [-0.39, 0.29) is 24.0 Å². The van der Waals surface area contributed by atoms with Crippen molar-refractivity contribution in [2.75, 3.05) is 13.2 Å². The van der Waals surface area contributed by atoms with Crippen LogP contribution in [0.3, 0.4) is 0 Å². The van der Waals surface area contributed by atoms with Crippen LogP contribution < -0.4 is 0 Å². The van der Waals surface area contributed by atoms with Crippen LogP contribution in [0.4, 0.5) is 0 Å². The molecule has 0 radical (unpaired) electrons. The van der Waals surface area contributed by atoms with Gasteiger partial charge in [-0.2, -0.15) is 0 Å². The molecule has 0 bridgehead atoms. The summed E-state index contributed by atoms with van der Waals surface area (Å²) in [6.07, 6.45) is 8.63. The average molecular weight is 279 g/mol. The number of carbonyl (C=O) groups excluding carboxylic acids is 2. The summed E-state index contributed by atoms with van der Waals surface area (Å²) in [7, 11) is 0. The first-order valence-corrected chi connectivity index (χ1v) is 8.22. The predicted molar refractivity (Wildman–Crippen MR) is 75.3 cm³/mol. The standard InChI is InChI=1S/C16H25NO3/c18-14-8-5-6-12(14)13-7-1-3-10-17(13)16(19)15-9-2-4-11-20-15/h12-13,15H,1-11H2. The molecule has 4 nitrogen and oxygen atoms in total. The van der Waals surface area contributed by atoms with Crippen molar-refractivity contribution in [3.05, 3.63) is 0 Å². The van der Waals surface area contributed by atoms with Gasteiger partial charge in [-0.05, 0) is 51.4 Å². The molecule has 0 spiro atoms. The largest absolute Gasteiger partial charge is 0.368 e. The summed E-state index contributed by atoms with van der Waals surface area (Å²) in [5.74, 6) is 0.621. The summed E-state index contributed by atoms with van der Waals surface area (Å²) in [6, 6.07) is 0.150. The fourth-order valence-corrected chi connectivity index (χ4v) is 4.02. The van der Waals surface area contributed by atoms with Crippen LogP contribution >= 0.6 is 0 Å². The van der Waals surface area contributed by atoms with E-state index in [4.69, 9.17) is 4.74 Å². The van der Waals surface area contributed by atoms with Crippen LogP contribution in [-0.4, -0.2) is 41.9 Å².